The molecule has 1 aliphatic carbocycles. The van der Waals surface area contributed by atoms with Gasteiger partial charge in [-0.3, -0.25) is 9.20 Å². The number of nitrogens with zero attached hydrogens (tertiary/aromatic N) is 3. The molecule has 3 unspecified atom stereocenters. The number of fused-ring (bicyclic) bond motifs is 2. The number of alkyl halides is 2. The van der Waals surface area contributed by atoms with Crippen LogP contribution in [-0.4, -0.2) is 57.0 Å². The van der Waals surface area contributed by atoms with Crippen molar-refractivity contribution in [1.82, 2.24) is 14.3 Å². The Hall–Kier alpha value is -3.90. The number of piperidine rings is 1. The number of halogens is 2. The van der Waals surface area contributed by atoms with Gasteiger partial charge in [0.15, 0.2) is 5.60 Å². The largest absolute Gasteiger partial charge is 0.497 e. The second kappa shape index (κ2) is 6.80. The fraction of sp³-hybridized carbons (Fsp3) is 0.250. The number of primary amides is 1. The number of rotatable bonds is 3. The molecule has 1 saturated carbocycles. The number of imidazole rings is 1. The van der Waals surface area contributed by atoms with Crippen molar-refractivity contribution < 1.29 is 23.4 Å². The van der Waals surface area contributed by atoms with Crippen LogP contribution in [0.1, 0.15) is 16.2 Å². The normalized spacial score (nSPS) is 24.9. The van der Waals surface area contributed by atoms with Crippen LogP contribution >= 0.6 is 0 Å². The van der Waals surface area contributed by atoms with Crippen LogP contribution in [0.5, 0.6) is 5.75 Å². The molecule has 1 aromatic carbocycles. The van der Waals surface area contributed by atoms with E-state index in [1.165, 1.54) is 19.1 Å². The first-order valence-corrected chi connectivity index (χ1v) is 10.1. The Kier molecular flexibility index (Phi) is 4.32. The zero-order chi connectivity index (χ0) is 23.7. The summed E-state index contributed by atoms with van der Waals surface area (Å²) < 4.78 is 35.0. The molecular formula is C24H20F2N4O3. The summed E-state index contributed by atoms with van der Waals surface area (Å²) in [5, 5.41) is 10.9. The van der Waals surface area contributed by atoms with E-state index in [2.05, 4.69) is 23.4 Å². The van der Waals surface area contributed by atoms with Crippen molar-refractivity contribution in [2.45, 2.75) is 17.6 Å². The molecule has 33 heavy (non-hydrogen) atoms. The first-order valence-electron chi connectivity index (χ1n) is 10.1. The Balaban J connectivity index is 1.57. The fourth-order valence-corrected chi connectivity index (χ4v) is 4.56. The lowest BCUT2D eigenvalue weighted by atomic mass is 9.95. The van der Waals surface area contributed by atoms with Gasteiger partial charge in [0, 0.05) is 30.4 Å². The summed E-state index contributed by atoms with van der Waals surface area (Å²) in [6.07, 6.45) is 1.64. The first-order chi connectivity index (χ1) is 15.6. The number of hydrogen-bond donors (Lipinski definition) is 2. The average molecular weight is 450 g/mol. The number of nitrogens with two attached hydrogens (primary N) is 1. The predicted octanol–water partition coefficient (Wildman–Crippen LogP) is 2.28. The van der Waals surface area contributed by atoms with Crippen molar-refractivity contribution in [3.63, 3.8) is 0 Å². The van der Waals surface area contributed by atoms with Gasteiger partial charge in [-0.15, -0.1) is 0 Å². The highest BCUT2D eigenvalue weighted by Crippen LogP contribution is 2.64. The molecule has 2 fully saturated rings. The molecule has 9 heteroatoms. The molecule has 3 aromatic rings. The summed E-state index contributed by atoms with van der Waals surface area (Å²) in [5.74, 6) is 1.05. The molecule has 2 aliphatic rings. The maximum Gasteiger partial charge on any atom is 0.285 e. The number of amides is 1. The van der Waals surface area contributed by atoms with Gasteiger partial charge in [-0.1, -0.05) is 30.6 Å². The van der Waals surface area contributed by atoms with Crippen LogP contribution < -0.4 is 10.5 Å². The minimum atomic E-state index is -3.01. The molecule has 3 N–H and O–H groups in total. The van der Waals surface area contributed by atoms with E-state index in [4.69, 9.17) is 10.5 Å². The van der Waals surface area contributed by atoms with E-state index >= 15 is 0 Å². The van der Waals surface area contributed by atoms with Gasteiger partial charge < -0.3 is 20.5 Å². The van der Waals surface area contributed by atoms with Crippen molar-refractivity contribution in [2.75, 3.05) is 14.2 Å². The van der Waals surface area contributed by atoms with E-state index in [1.807, 2.05) is 0 Å². The second-order valence-corrected chi connectivity index (χ2v) is 8.22. The number of carbonyl (C=O) groups excluding carboxylic acids is 1. The van der Waals surface area contributed by atoms with Crippen molar-refractivity contribution in [3.05, 3.63) is 66.3 Å². The van der Waals surface area contributed by atoms with Crippen molar-refractivity contribution in [2.24, 2.45) is 11.7 Å². The molecular weight excluding hydrogens is 430 g/mol. The van der Waals surface area contributed by atoms with Crippen molar-refractivity contribution >= 4 is 11.4 Å². The third kappa shape index (κ3) is 2.91. The Morgan fingerprint density at radius 1 is 1.33 bits per heavy atom. The van der Waals surface area contributed by atoms with Gasteiger partial charge in [0.05, 0.1) is 29.9 Å². The lowest BCUT2D eigenvalue weighted by Gasteiger charge is -2.26. The minimum absolute atomic E-state index is 0.0563. The molecule has 1 amide bonds. The van der Waals surface area contributed by atoms with Crippen LogP contribution in [0.4, 0.5) is 8.78 Å². The van der Waals surface area contributed by atoms with Gasteiger partial charge in [-0.25, -0.2) is 13.8 Å². The average Bonchev–Trinajstić information content (AvgIpc) is 3.09. The Bertz CT molecular complexity index is 1400. The molecule has 3 atom stereocenters. The lowest BCUT2D eigenvalue weighted by molar-refractivity contribution is 0.00441. The van der Waals surface area contributed by atoms with Gasteiger partial charge in [-0.2, -0.15) is 0 Å². The summed E-state index contributed by atoms with van der Waals surface area (Å²) in [7, 11) is 3.01. The highest BCUT2D eigenvalue weighted by atomic mass is 19.3. The number of aliphatic hydroxyl groups is 1. The van der Waals surface area contributed by atoms with Crippen molar-refractivity contribution in [1.29, 1.82) is 0 Å². The second-order valence-electron chi connectivity index (χ2n) is 8.22. The third-order valence-electron chi connectivity index (χ3n) is 6.35. The number of benzene rings is 1. The molecule has 7 nitrogen and oxygen atoms in total. The number of pyridine rings is 1. The van der Waals surface area contributed by atoms with Crippen LogP contribution in [0.3, 0.4) is 0 Å². The summed E-state index contributed by atoms with van der Waals surface area (Å²) >= 11 is 0. The maximum atomic E-state index is 14.1. The molecule has 0 radical (unpaired) electrons. The maximum absolute atomic E-state index is 14.1. The number of likely N-dealkylation sites (tertiary alicyclic amines) is 1. The highest BCUT2D eigenvalue weighted by Gasteiger charge is 2.82. The third-order valence-corrected chi connectivity index (χ3v) is 6.35. The molecule has 3 heterocycles. The molecule has 5 rings (SSSR count). The summed E-state index contributed by atoms with van der Waals surface area (Å²) in [5.41, 5.74) is 5.82. The monoisotopic (exact) mass is 450 g/mol. The number of ether oxygens (including phenoxy) is 1. The molecule has 2 aromatic heterocycles. The fourth-order valence-electron chi connectivity index (χ4n) is 4.56. The van der Waals surface area contributed by atoms with E-state index in [-0.39, 0.29) is 11.5 Å². The van der Waals surface area contributed by atoms with E-state index < -0.39 is 29.4 Å². The highest BCUT2D eigenvalue weighted by molar-refractivity contribution is 5.93. The molecule has 0 bridgehead atoms. The number of likely N-dealkylation sites (N-methyl/N-ethyl adjacent to an activating group) is 1. The predicted molar refractivity (Wildman–Crippen MR) is 117 cm³/mol. The van der Waals surface area contributed by atoms with Crippen LogP contribution in [-0.2, 0) is 0 Å². The first kappa shape index (κ1) is 21.0. The van der Waals surface area contributed by atoms with Gasteiger partial charge in [-0.05, 0) is 18.2 Å². The number of methoxy groups -OCH3 is 1. The van der Waals surface area contributed by atoms with E-state index in [0.29, 0.717) is 28.1 Å². The Morgan fingerprint density at radius 2 is 2.09 bits per heavy atom. The smallest absolute Gasteiger partial charge is 0.285 e. The number of carbonyl (C=O) groups is 1. The molecule has 0 spiro atoms. The van der Waals surface area contributed by atoms with Gasteiger partial charge in [0.1, 0.15) is 11.8 Å². The summed E-state index contributed by atoms with van der Waals surface area (Å²) in [6, 6.07) is 9.21. The van der Waals surface area contributed by atoms with Crippen LogP contribution in [0.15, 0.2) is 54.9 Å². The lowest BCUT2D eigenvalue weighted by Crippen LogP contribution is -2.37. The zero-order valence-corrected chi connectivity index (χ0v) is 17.8. The van der Waals surface area contributed by atoms with Crippen LogP contribution in [0.2, 0.25) is 0 Å². The number of aromatic nitrogens is 2. The van der Waals surface area contributed by atoms with Gasteiger partial charge in [0.25, 0.3) is 11.8 Å². The number of hydrogen-bond acceptors (Lipinski definition) is 5. The van der Waals surface area contributed by atoms with E-state index in [1.54, 1.807) is 47.0 Å². The minimum Gasteiger partial charge on any atom is -0.497 e. The summed E-state index contributed by atoms with van der Waals surface area (Å²) in [6.45, 7) is 3.75. The Labute approximate surface area is 188 Å². The van der Waals surface area contributed by atoms with E-state index in [9.17, 15) is 18.7 Å². The van der Waals surface area contributed by atoms with Gasteiger partial charge in [0.2, 0.25) is 5.82 Å². The standard InChI is InChI=1S/C24H20F2N4O3/c1-13-23(32,19-20(29(13)2)24(19,25)26)9-7-14-5-4-6-15(11-14)18-17-12-16(33-3)8-10-30(17)22(28-18)21(27)31/h4-6,8,10-12,19-20,32H,1H2,2-3H3,(H2,27,31). The van der Waals surface area contributed by atoms with Crippen LogP contribution in [0.25, 0.3) is 16.8 Å². The van der Waals surface area contributed by atoms with Crippen molar-refractivity contribution in [3.8, 4) is 28.8 Å². The topological polar surface area (TPSA) is 93.1 Å². The molecule has 1 aliphatic heterocycles. The molecule has 168 valence electrons. The summed E-state index contributed by atoms with van der Waals surface area (Å²) in [4.78, 5) is 17.6. The Morgan fingerprint density at radius 3 is 2.76 bits per heavy atom. The van der Waals surface area contributed by atoms with E-state index in [0.717, 1.165) is 0 Å². The quantitative estimate of drug-likeness (QED) is 0.598. The SMILES string of the molecule is C=C1N(C)C2C(C1(O)C#Cc1cccc(-c3nc(C(N)=O)n4ccc(OC)cc34)c1)C2(F)F. The van der Waals surface area contributed by atoms with Crippen LogP contribution in [0, 0.1) is 17.8 Å². The molecule has 1 saturated heterocycles. The zero-order valence-electron chi connectivity index (χ0n) is 17.8. The van der Waals surface area contributed by atoms with Gasteiger partial charge >= 0.3 is 0 Å².